The summed E-state index contributed by atoms with van der Waals surface area (Å²) >= 11 is 0. The molecule has 2 saturated heterocycles. The van der Waals surface area contributed by atoms with Gasteiger partial charge in [-0.1, -0.05) is 6.07 Å². The molecule has 29 heavy (non-hydrogen) atoms. The number of anilines is 1. The first-order chi connectivity index (χ1) is 14.2. The highest BCUT2D eigenvalue weighted by Gasteiger charge is 2.31. The van der Waals surface area contributed by atoms with Gasteiger partial charge in [-0.2, -0.15) is 0 Å². The standard InChI is InChI=1S/C22H26N4O3/c1-27-20-6-5-16(11-21(20)28-2)17-9-18-22(24-29-23-18)19(10-17)26-13-15(14-26)12-25-7-3-4-8-25/h5-6,9-11,15H,3-4,7-8,12-14H2,1-2H3. The van der Waals surface area contributed by atoms with Crippen LogP contribution in [0.5, 0.6) is 11.5 Å². The third-order valence-electron chi connectivity index (χ3n) is 6.07. The quantitative estimate of drug-likeness (QED) is 0.635. The second-order valence-corrected chi connectivity index (χ2v) is 7.98. The number of methoxy groups -OCH3 is 2. The van der Waals surface area contributed by atoms with Crippen molar-refractivity contribution in [1.29, 1.82) is 0 Å². The predicted molar refractivity (Wildman–Crippen MR) is 112 cm³/mol. The van der Waals surface area contributed by atoms with E-state index in [2.05, 4.69) is 26.2 Å². The molecule has 7 heteroatoms. The fraction of sp³-hybridized carbons (Fsp3) is 0.455. The second-order valence-electron chi connectivity index (χ2n) is 7.98. The Balaban J connectivity index is 1.42. The molecule has 0 atom stereocenters. The van der Waals surface area contributed by atoms with Gasteiger partial charge in [-0.3, -0.25) is 0 Å². The number of likely N-dealkylation sites (tertiary alicyclic amines) is 1. The molecule has 152 valence electrons. The van der Waals surface area contributed by atoms with E-state index in [0.29, 0.717) is 17.4 Å². The second kappa shape index (κ2) is 7.55. The number of rotatable bonds is 6. The Bertz CT molecular complexity index is 1010. The molecular weight excluding hydrogens is 368 g/mol. The molecule has 2 aliphatic rings. The maximum atomic E-state index is 5.47. The zero-order chi connectivity index (χ0) is 19.8. The number of benzene rings is 2. The number of aromatic nitrogens is 2. The largest absolute Gasteiger partial charge is 0.493 e. The Labute approximate surface area is 170 Å². The van der Waals surface area contributed by atoms with Crippen molar-refractivity contribution < 1.29 is 14.1 Å². The van der Waals surface area contributed by atoms with E-state index in [1.807, 2.05) is 24.3 Å². The van der Waals surface area contributed by atoms with E-state index in [-0.39, 0.29) is 0 Å². The zero-order valence-electron chi connectivity index (χ0n) is 16.9. The Morgan fingerprint density at radius 1 is 0.966 bits per heavy atom. The van der Waals surface area contributed by atoms with Crippen molar-refractivity contribution in [3.05, 3.63) is 30.3 Å². The summed E-state index contributed by atoms with van der Waals surface area (Å²) in [4.78, 5) is 4.98. The van der Waals surface area contributed by atoms with Crippen LogP contribution in [-0.4, -0.2) is 62.2 Å². The first kappa shape index (κ1) is 18.2. The average Bonchev–Trinajstić information content (AvgIpc) is 3.41. The van der Waals surface area contributed by atoms with Crippen LogP contribution < -0.4 is 14.4 Å². The van der Waals surface area contributed by atoms with Gasteiger partial charge in [0.1, 0.15) is 5.52 Å². The summed E-state index contributed by atoms with van der Waals surface area (Å²) in [6, 6.07) is 10.1. The van der Waals surface area contributed by atoms with Crippen LogP contribution in [0, 0.1) is 5.92 Å². The summed E-state index contributed by atoms with van der Waals surface area (Å²) in [5.74, 6) is 2.14. The molecule has 0 aliphatic carbocycles. The topological polar surface area (TPSA) is 63.9 Å². The Morgan fingerprint density at radius 3 is 2.52 bits per heavy atom. The Kier molecular flexibility index (Phi) is 4.75. The SMILES string of the molecule is COc1ccc(-c2cc(N3CC(CN4CCCC4)C3)c3nonc3c2)cc1OC. The van der Waals surface area contributed by atoms with E-state index < -0.39 is 0 Å². The van der Waals surface area contributed by atoms with Crippen molar-refractivity contribution in [1.82, 2.24) is 15.2 Å². The van der Waals surface area contributed by atoms with Gasteiger partial charge >= 0.3 is 0 Å². The molecule has 2 aliphatic heterocycles. The zero-order valence-corrected chi connectivity index (χ0v) is 16.9. The molecule has 2 aromatic carbocycles. The number of hydrogen-bond acceptors (Lipinski definition) is 7. The van der Waals surface area contributed by atoms with Gasteiger partial charge in [-0.25, -0.2) is 4.63 Å². The molecule has 0 spiro atoms. The van der Waals surface area contributed by atoms with Crippen LogP contribution in [0.2, 0.25) is 0 Å². The molecule has 5 rings (SSSR count). The highest BCUT2D eigenvalue weighted by Crippen LogP contribution is 2.38. The molecule has 0 bridgehead atoms. The van der Waals surface area contributed by atoms with E-state index in [1.165, 1.54) is 32.5 Å². The minimum absolute atomic E-state index is 0.708. The van der Waals surface area contributed by atoms with Crippen LogP contribution in [0.3, 0.4) is 0 Å². The van der Waals surface area contributed by atoms with Crippen molar-refractivity contribution in [3.63, 3.8) is 0 Å². The Morgan fingerprint density at radius 2 is 1.76 bits per heavy atom. The summed E-state index contributed by atoms with van der Waals surface area (Å²) in [7, 11) is 3.30. The average molecular weight is 394 g/mol. The van der Waals surface area contributed by atoms with Gasteiger partial charge in [0.15, 0.2) is 17.0 Å². The van der Waals surface area contributed by atoms with Gasteiger partial charge in [-0.05, 0) is 71.6 Å². The minimum atomic E-state index is 0.708. The van der Waals surface area contributed by atoms with E-state index in [4.69, 9.17) is 14.1 Å². The maximum absolute atomic E-state index is 5.47. The minimum Gasteiger partial charge on any atom is -0.493 e. The summed E-state index contributed by atoms with van der Waals surface area (Å²) in [6.45, 7) is 5.80. The van der Waals surface area contributed by atoms with Gasteiger partial charge in [0.05, 0.1) is 19.9 Å². The van der Waals surface area contributed by atoms with Crippen molar-refractivity contribution >= 4 is 16.7 Å². The lowest BCUT2D eigenvalue weighted by Gasteiger charge is -2.42. The van der Waals surface area contributed by atoms with Crippen molar-refractivity contribution in [2.75, 3.05) is 51.8 Å². The lowest BCUT2D eigenvalue weighted by molar-refractivity contribution is 0.247. The number of fused-ring (bicyclic) bond motifs is 1. The van der Waals surface area contributed by atoms with Crippen LogP contribution in [0.25, 0.3) is 22.2 Å². The van der Waals surface area contributed by atoms with Gasteiger partial charge in [0, 0.05) is 25.6 Å². The molecular formula is C22H26N4O3. The normalized spacial score (nSPS) is 17.7. The molecule has 0 amide bonds. The Hall–Kier alpha value is -2.80. The fourth-order valence-electron chi connectivity index (χ4n) is 4.51. The van der Waals surface area contributed by atoms with Crippen LogP contribution in [0.15, 0.2) is 35.0 Å². The summed E-state index contributed by atoms with van der Waals surface area (Å²) in [6.07, 6.45) is 2.68. The third kappa shape index (κ3) is 3.40. The van der Waals surface area contributed by atoms with Gasteiger partial charge in [0.2, 0.25) is 0 Å². The predicted octanol–water partition coefficient (Wildman–Crippen LogP) is 3.44. The van der Waals surface area contributed by atoms with Gasteiger partial charge < -0.3 is 19.3 Å². The summed E-state index contributed by atoms with van der Waals surface area (Å²) in [5.41, 5.74) is 4.80. The molecule has 0 N–H and O–H groups in total. The molecule has 3 aromatic rings. The summed E-state index contributed by atoms with van der Waals surface area (Å²) < 4.78 is 15.9. The molecule has 7 nitrogen and oxygen atoms in total. The van der Waals surface area contributed by atoms with Gasteiger partial charge in [0.25, 0.3) is 0 Å². The first-order valence-electron chi connectivity index (χ1n) is 10.2. The first-order valence-corrected chi connectivity index (χ1v) is 10.2. The van der Waals surface area contributed by atoms with Crippen LogP contribution in [0.1, 0.15) is 12.8 Å². The lowest BCUT2D eigenvalue weighted by atomic mass is 9.96. The molecule has 3 heterocycles. The van der Waals surface area contributed by atoms with E-state index in [0.717, 1.165) is 40.9 Å². The van der Waals surface area contributed by atoms with Crippen LogP contribution in [-0.2, 0) is 0 Å². The fourth-order valence-corrected chi connectivity index (χ4v) is 4.51. The number of nitrogens with zero attached hydrogens (tertiary/aromatic N) is 4. The molecule has 0 radical (unpaired) electrons. The van der Waals surface area contributed by atoms with Crippen molar-refractivity contribution in [2.45, 2.75) is 12.8 Å². The molecule has 0 saturated carbocycles. The van der Waals surface area contributed by atoms with Crippen LogP contribution in [0.4, 0.5) is 5.69 Å². The smallest absolute Gasteiger partial charge is 0.161 e. The number of hydrogen-bond donors (Lipinski definition) is 0. The molecule has 2 fully saturated rings. The van der Waals surface area contributed by atoms with E-state index in [1.54, 1.807) is 14.2 Å². The molecule has 1 aromatic heterocycles. The van der Waals surface area contributed by atoms with Crippen molar-refractivity contribution in [3.8, 4) is 22.6 Å². The molecule has 0 unspecified atom stereocenters. The maximum Gasteiger partial charge on any atom is 0.161 e. The number of ether oxygens (including phenoxy) is 2. The highest BCUT2D eigenvalue weighted by atomic mass is 16.6. The summed E-state index contributed by atoms with van der Waals surface area (Å²) in [5, 5.41) is 8.27. The third-order valence-corrected chi connectivity index (χ3v) is 6.07. The van der Waals surface area contributed by atoms with Crippen molar-refractivity contribution in [2.24, 2.45) is 5.92 Å². The monoisotopic (exact) mass is 394 g/mol. The lowest BCUT2D eigenvalue weighted by Crippen LogP contribution is -2.51. The van der Waals surface area contributed by atoms with Crippen LogP contribution >= 0.6 is 0 Å². The highest BCUT2D eigenvalue weighted by molar-refractivity contribution is 5.93. The van der Waals surface area contributed by atoms with Gasteiger partial charge in [-0.15, -0.1) is 0 Å². The van der Waals surface area contributed by atoms with E-state index in [9.17, 15) is 0 Å². The van der Waals surface area contributed by atoms with E-state index >= 15 is 0 Å².